The molecule has 1 aliphatic rings. The maximum Gasteiger partial charge on any atom is 0.139 e. The van der Waals surface area contributed by atoms with Gasteiger partial charge in [-0.25, -0.2) is 4.98 Å². The number of nitrogens with one attached hydrogen (secondary N) is 1. The summed E-state index contributed by atoms with van der Waals surface area (Å²) in [5.41, 5.74) is 4.16. The van der Waals surface area contributed by atoms with Crippen LogP contribution in [0.5, 0.6) is 5.75 Å². The summed E-state index contributed by atoms with van der Waals surface area (Å²) >= 11 is 0. The number of aromatic amines is 1. The van der Waals surface area contributed by atoms with Gasteiger partial charge in [0.05, 0.1) is 32.2 Å². The maximum absolute atomic E-state index is 5.47. The molecule has 0 unspecified atom stereocenters. The SMILES string of the molecule is COc1cncc(-c2c[nH]c3nccc(N4CCOCC4)c23)c1. The molecule has 4 rings (SSSR count). The number of fused-ring (bicyclic) bond motifs is 1. The minimum atomic E-state index is 0.744. The lowest BCUT2D eigenvalue weighted by Crippen LogP contribution is -2.36. The predicted octanol–water partition coefficient (Wildman–Crippen LogP) is 2.47. The average Bonchev–Trinajstić information content (AvgIpc) is 3.07. The molecule has 3 aromatic heterocycles. The van der Waals surface area contributed by atoms with Crippen molar-refractivity contribution in [3.05, 3.63) is 36.9 Å². The third-order valence-electron chi connectivity index (χ3n) is 4.16. The van der Waals surface area contributed by atoms with Gasteiger partial charge in [0.2, 0.25) is 0 Å². The summed E-state index contributed by atoms with van der Waals surface area (Å²) in [5, 5.41) is 1.12. The highest BCUT2D eigenvalue weighted by molar-refractivity contribution is 6.02. The van der Waals surface area contributed by atoms with Crippen LogP contribution >= 0.6 is 0 Å². The molecule has 3 aromatic rings. The van der Waals surface area contributed by atoms with Crippen LogP contribution in [0.3, 0.4) is 0 Å². The van der Waals surface area contributed by atoms with Gasteiger partial charge in [-0.05, 0) is 12.1 Å². The van der Waals surface area contributed by atoms with Gasteiger partial charge in [-0.3, -0.25) is 4.98 Å². The highest BCUT2D eigenvalue weighted by Crippen LogP contribution is 2.35. The molecule has 23 heavy (non-hydrogen) atoms. The van der Waals surface area contributed by atoms with E-state index in [4.69, 9.17) is 9.47 Å². The van der Waals surface area contributed by atoms with E-state index in [1.165, 1.54) is 5.69 Å². The minimum absolute atomic E-state index is 0.744. The highest BCUT2D eigenvalue weighted by Gasteiger charge is 2.18. The lowest BCUT2D eigenvalue weighted by atomic mass is 10.1. The molecular formula is C17H18N4O2. The molecule has 6 heteroatoms. The Balaban J connectivity index is 1.87. The number of rotatable bonds is 3. The molecule has 1 aliphatic heterocycles. The van der Waals surface area contributed by atoms with Crippen LogP contribution in [0, 0.1) is 0 Å². The molecule has 0 spiro atoms. The van der Waals surface area contributed by atoms with Crippen molar-refractivity contribution in [2.75, 3.05) is 38.3 Å². The molecule has 118 valence electrons. The molecular weight excluding hydrogens is 292 g/mol. The first-order chi connectivity index (χ1) is 11.4. The van der Waals surface area contributed by atoms with E-state index in [-0.39, 0.29) is 0 Å². The van der Waals surface area contributed by atoms with Gasteiger partial charge in [0.1, 0.15) is 11.4 Å². The second-order valence-corrected chi connectivity index (χ2v) is 5.47. The Labute approximate surface area is 134 Å². The highest BCUT2D eigenvalue weighted by atomic mass is 16.5. The van der Waals surface area contributed by atoms with Crippen molar-refractivity contribution < 1.29 is 9.47 Å². The summed E-state index contributed by atoms with van der Waals surface area (Å²) < 4.78 is 10.8. The zero-order valence-corrected chi connectivity index (χ0v) is 13.0. The first-order valence-electron chi connectivity index (χ1n) is 7.65. The second-order valence-electron chi connectivity index (χ2n) is 5.47. The standard InChI is InChI=1S/C17H18N4O2/c1-22-13-8-12(9-18-10-13)14-11-20-17-16(14)15(2-3-19-17)21-4-6-23-7-5-21/h2-3,8-11H,4-7H2,1H3,(H,19,20). The molecule has 0 aromatic carbocycles. The van der Waals surface area contributed by atoms with Crippen molar-refractivity contribution >= 4 is 16.7 Å². The smallest absolute Gasteiger partial charge is 0.139 e. The zero-order valence-electron chi connectivity index (χ0n) is 13.0. The largest absolute Gasteiger partial charge is 0.495 e. The summed E-state index contributed by atoms with van der Waals surface area (Å²) in [5.74, 6) is 0.744. The summed E-state index contributed by atoms with van der Waals surface area (Å²) in [4.78, 5) is 14.3. The van der Waals surface area contributed by atoms with Crippen LogP contribution < -0.4 is 9.64 Å². The van der Waals surface area contributed by atoms with E-state index in [0.717, 1.165) is 54.2 Å². The van der Waals surface area contributed by atoms with E-state index in [1.807, 2.05) is 24.7 Å². The number of methoxy groups -OCH3 is 1. The lowest BCUT2D eigenvalue weighted by Gasteiger charge is -2.29. The molecule has 0 amide bonds. The fraction of sp³-hybridized carbons (Fsp3) is 0.294. The van der Waals surface area contributed by atoms with Crippen LogP contribution in [0.15, 0.2) is 36.9 Å². The number of nitrogens with zero attached hydrogens (tertiary/aromatic N) is 3. The number of hydrogen-bond donors (Lipinski definition) is 1. The summed E-state index contributed by atoms with van der Waals surface area (Å²) in [6.07, 6.45) is 7.38. The molecule has 0 aliphatic carbocycles. The van der Waals surface area contributed by atoms with Gasteiger partial charge >= 0.3 is 0 Å². The Morgan fingerprint density at radius 3 is 2.96 bits per heavy atom. The molecule has 6 nitrogen and oxygen atoms in total. The van der Waals surface area contributed by atoms with Gasteiger partial charge in [0.25, 0.3) is 0 Å². The van der Waals surface area contributed by atoms with Crippen LogP contribution in [-0.2, 0) is 4.74 Å². The van der Waals surface area contributed by atoms with Crippen LogP contribution in [0.2, 0.25) is 0 Å². The Bertz CT molecular complexity index is 824. The Kier molecular flexibility index (Phi) is 3.59. The third kappa shape index (κ3) is 2.51. The minimum Gasteiger partial charge on any atom is -0.495 e. The normalized spacial score (nSPS) is 15.1. The lowest BCUT2D eigenvalue weighted by molar-refractivity contribution is 0.123. The number of anilines is 1. The molecule has 0 bridgehead atoms. The van der Waals surface area contributed by atoms with Gasteiger partial charge in [-0.2, -0.15) is 0 Å². The van der Waals surface area contributed by atoms with Gasteiger partial charge < -0.3 is 19.4 Å². The van der Waals surface area contributed by atoms with Crippen LogP contribution in [0.1, 0.15) is 0 Å². The number of hydrogen-bond acceptors (Lipinski definition) is 5. The van der Waals surface area contributed by atoms with Gasteiger partial charge in [0, 0.05) is 48.2 Å². The van der Waals surface area contributed by atoms with E-state index >= 15 is 0 Å². The first-order valence-corrected chi connectivity index (χ1v) is 7.65. The molecule has 1 fully saturated rings. The molecule has 0 radical (unpaired) electrons. The predicted molar refractivity (Wildman–Crippen MR) is 88.9 cm³/mol. The van der Waals surface area contributed by atoms with Crippen molar-refractivity contribution in [3.8, 4) is 16.9 Å². The van der Waals surface area contributed by atoms with Crippen molar-refractivity contribution in [2.24, 2.45) is 0 Å². The molecule has 4 heterocycles. The third-order valence-corrected chi connectivity index (χ3v) is 4.16. The summed E-state index contributed by atoms with van der Waals surface area (Å²) in [6.45, 7) is 3.29. The van der Waals surface area contributed by atoms with E-state index in [0.29, 0.717) is 0 Å². The van der Waals surface area contributed by atoms with Crippen LogP contribution in [0.4, 0.5) is 5.69 Å². The van der Waals surface area contributed by atoms with Crippen molar-refractivity contribution in [1.82, 2.24) is 15.0 Å². The molecule has 1 N–H and O–H groups in total. The van der Waals surface area contributed by atoms with Gasteiger partial charge in [-0.15, -0.1) is 0 Å². The molecule has 1 saturated heterocycles. The number of aromatic nitrogens is 3. The van der Waals surface area contributed by atoms with Crippen molar-refractivity contribution in [1.29, 1.82) is 0 Å². The zero-order chi connectivity index (χ0) is 15.6. The first kappa shape index (κ1) is 14.0. The van der Waals surface area contributed by atoms with E-state index < -0.39 is 0 Å². The molecule has 0 atom stereocenters. The van der Waals surface area contributed by atoms with Crippen molar-refractivity contribution in [2.45, 2.75) is 0 Å². The van der Waals surface area contributed by atoms with E-state index in [9.17, 15) is 0 Å². The quantitative estimate of drug-likeness (QED) is 0.805. The topological polar surface area (TPSA) is 63.3 Å². The van der Waals surface area contributed by atoms with Crippen LogP contribution in [0.25, 0.3) is 22.2 Å². The number of H-pyrrole nitrogens is 1. The Morgan fingerprint density at radius 2 is 2.13 bits per heavy atom. The second kappa shape index (κ2) is 5.89. The summed E-state index contributed by atoms with van der Waals surface area (Å²) in [6, 6.07) is 4.06. The molecule has 0 saturated carbocycles. The van der Waals surface area contributed by atoms with E-state index in [1.54, 1.807) is 13.3 Å². The Morgan fingerprint density at radius 1 is 1.26 bits per heavy atom. The average molecular weight is 310 g/mol. The van der Waals surface area contributed by atoms with E-state index in [2.05, 4.69) is 25.9 Å². The number of morpholine rings is 1. The van der Waals surface area contributed by atoms with Gasteiger partial charge in [-0.1, -0.05) is 0 Å². The van der Waals surface area contributed by atoms with Crippen molar-refractivity contribution in [3.63, 3.8) is 0 Å². The maximum atomic E-state index is 5.47. The monoisotopic (exact) mass is 310 g/mol. The summed E-state index contributed by atoms with van der Waals surface area (Å²) in [7, 11) is 1.65. The van der Waals surface area contributed by atoms with Gasteiger partial charge in [0.15, 0.2) is 0 Å². The number of ether oxygens (including phenoxy) is 2. The fourth-order valence-electron chi connectivity index (χ4n) is 3.01. The Hall–Kier alpha value is -2.60. The van der Waals surface area contributed by atoms with Crippen LogP contribution in [-0.4, -0.2) is 48.4 Å². The fourth-order valence-corrected chi connectivity index (χ4v) is 3.01. The number of pyridine rings is 2.